The SMILES string of the molecule is CCCCCCCCCCCCCCN(CCCCCCCCCCCCCC)C(CCCC)C(=O)[O-].CCCCCCCCCCCCCCN(CCCCCCCCCCCCCC)C(CCCC)C(=O)[O-].[Ca+2]. The molecule has 0 fully saturated rings. The monoisotopic (exact) mass is 1090 g/mol. The maximum absolute atomic E-state index is 11.9. The van der Waals surface area contributed by atoms with Gasteiger partial charge in [0.25, 0.3) is 0 Å². The molecule has 0 aromatic carbocycles. The second-order valence-electron chi connectivity index (χ2n) is 23.6. The number of carboxylic acids is 2. The first-order chi connectivity index (χ1) is 36.3. The molecular formula is C68H136CaN2O4. The van der Waals surface area contributed by atoms with Crippen LogP contribution in [0.3, 0.4) is 0 Å². The molecule has 0 amide bonds. The van der Waals surface area contributed by atoms with Gasteiger partial charge in [-0.25, -0.2) is 0 Å². The zero-order chi connectivity index (χ0) is 54.5. The van der Waals surface area contributed by atoms with Gasteiger partial charge in [0.2, 0.25) is 0 Å². The van der Waals surface area contributed by atoms with Crippen LogP contribution >= 0.6 is 0 Å². The molecule has 6 nitrogen and oxygen atoms in total. The van der Waals surface area contributed by atoms with Crippen LogP contribution in [0.25, 0.3) is 0 Å². The van der Waals surface area contributed by atoms with Gasteiger partial charge in [0.15, 0.2) is 0 Å². The minimum atomic E-state index is -0.855. The average Bonchev–Trinajstić information content (AvgIpc) is 3.39. The van der Waals surface area contributed by atoms with Crippen molar-refractivity contribution in [3.8, 4) is 0 Å². The zero-order valence-corrected chi connectivity index (χ0v) is 54.6. The van der Waals surface area contributed by atoms with E-state index in [1.54, 1.807) is 0 Å². The Kier molecular flexibility index (Phi) is 72.4. The van der Waals surface area contributed by atoms with Gasteiger partial charge >= 0.3 is 37.7 Å². The molecule has 0 saturated heterocycles. The maximum Gasteiger partial charge on any atom is 2.00 e. The van der Waals surface area contributed by atoms with Crippen molar-refractivity contribution < 1.29 is 19.8 Å². The van der Waals surface area contributed by atoms with Crippen LogP contribution in [0.2, 0.25) is 0 Å². The second-order valence-corrected chi connectivity index (χ2v) is 23.6. The molecule has 0 radical (unpaired) electrons. The van der Waals surface area contributed by atoms with Crippen molar-refractivity contribution in [1.29, 1.82) is 0 Å². The summed E-state index contributed by atoms with van der Waals surface area (Å²) in [6.45, 7) is 17.1. The van der Waals surface area contributed by atoms with E-state index in [0.29, 0.717) is 0 Å². The average molecular weight is 1090 g/mol. The molecule has 0 aliphatic heterocycles. The third-order valence-electron chi connectivity index (χ3n) is 16.3. The molecular weight excluding hydrogens is 949 g/mol. The first kappa shape index (κ1) is 79.3. The molecule has 75 heavy (non-hydrogen) atoms. The van der Waals surface area contributed by atoms with E-state index < -0.39 is 11.9 Å². The molecule has 0 spiro atoms. The fourth-order valence-corrected chi connectivity index (χ4v) is 11.2. The molecule has 0 aliphatic carbocycles. The van der Waals surface area contributed by atoms with Crippen LogP contribution < -0.4 is 10.2 Å². The van der Waals surface area contributed by atoms with Crippen molar-refractivity contribution in [3.05, 3.63) is 0 Å². The number of nitrogens with zero attached hydrogens (tertiary/aromatic N) is 2. The van der Waals surface area contributed by atoms with Crippen LogP contribution in [0.15, 0.2) is 0 Å². The second kappa shape index (κ2) is 68.4. The minimum absolute atomic E-state index is 0. The Balaban J connectivity index is -0.00000136. The number of carbonyl (C=O) groups is 2. The first-order valence-corrected chi connectivity index (χ1v) is 34.2. The van der Waals surface area contributed by atoms with E-state index in [-0.39, 0.29) is 49.8 Å². The Labute approximate surface area is 502 Å². The summed E-state index contributed by atoms with van der Waals surface area (Å²) >= 11 is 0. The van der Waals surface area contributed by atoms with Crippen molar-refractivity contribution in [2.24, 2.45) is 0 Å². The Bertz CT molecular complexity index is 940. The van der Waals surface area contributed by atoms with E-state index in [1.807, 2.05) is 0 Å². The zero-order valence-electron chi connectivity index (χ0n) is 52.4. The normalized spacial score (nSPS) is 12.3. The Morgan fingerprint density at radius 1 is 0.240 bits per heavy atom. The van der Waals surface area contributed by atoms with E-state index >= 15 is 0 Å². The van der Waals surface area contributed by atoms with Crippen LogP contribution in [-0.2, 0) is 9.59 Å². The van der Waals surface area contributed by atoms with Gasteiger partial charge in [-0.1, -0.05) is 350 Å². The predicted octanol–water partition coefficient (Wildman–Crippen LogP) is 19.6. The number of hydrogen-bond acceptors (Lipinski definition) is 6. The number of carboxylic acid groups (broad SMARTS) is 2. The van der Waals surface area contributed by atoms with Crippen LogP contribution in [0.5, 0.6) is 0 Å². The number of hydrogen-bond donors (Lipinski definition) is 0. The predicted molar refractivity (Wildman–Crippen MR) is 330 cm³/mol. The number of rotatable bonds is 62. The summed E-state index contributed by atoms with van der Waals surface area (Å²) in [4.78, 5) is 28.4. The van der Waals surface area contributed by atoms with Crippen molar-refractivity contribution in [1.82, 2.24) is 9.80 Å². The van der Waals surface area contributed by atoms with E-state index in [4.69, 9.17) is 0 Å². The summed E-state index contributed by atoms with van der Waals surface area (Å²) in [5.41, 5.74) is 0. The summed E-state index contributed by atoms with van der Waals surface area (Å²) < 4.78 is 0. The van der Waals surface area contributed by atoms with Gasteiger partial charge in [-0.2, -0.15) is 0 Å². The Morgan fingerprint density at radius 3 is 0.507 bits per heavy atom. The van der Waals surface area contributed by atoms with Gasteiger partial charge in [0.1, 0.15) is 0 Å². The molecule has 0 aromatic heterocycles. The molecule has 2 atom stereocenters. The molecule has 0 aliphatic rings. The van der Waals surface area contributed by atoms with Crippen molar-refractivity contribution in [2.45, 2.75) is 400 Å². The van der Waals surface area contributed by atoms with Gasteiger partial charge < -0.3 is 19.8 Å². The van der Waals surface area contributed by atoms with Crippen LogP contribution in [0, 0.1) is 0 Å². The smallest absolute Gasteiger partial charge is 0.548 e. The molecule has 7 heteroatoms. The van der Waals surface area contributed by atoms with E-state index in [9.17, 15) is 19.8 Å². The summed E-state index contributed by atoms with van der Waals surface area (Å²) in [6.07, 6.45) is 70.1. The Morgan fingerprint density at radius 2 is 0.373 bits per heavy atom. The third kappa shape index (κ3) is 60.1. The number of unbranched alkanes of at least 4 members (excludes halogenated alkanes) is 46. The van der Waals surface area contributed by atoms with Gasteiger partial charge in [0.05, 0.1) is 11.9 Å². The standard InChI is InChI=1S/2C34H69NO2.Ca/c2*1-4-7-10-12-14-16-18-20-22-24-26-28-31-35(33(34(36)37)30-9-6-3)32-29-27-25-23-21-19-17-15-13-11-8-5-2;/h2*33H,4-32H2,1-3H3,(H,36,37);/q;;+2/p-2. The minimum Gasteiger partial charge on any atom is -0.548 e. The van der Waals surface area contributed by atoms with Crippen LogP contribution in [0.1, 0.15) is 388 Å². The summed E-state index contributed by atoms with van der Waals surface area (Å²) in [5.74, 6) is -1.71. The van der Waals surface area contributed by atoms with Crippen molar-refractivity contribution in [2.75, 3.05) is 26.2 Å². The molecule has 0 rings (SSSR count). The molecule has 0 aromatic rings. The number of carbonyl (C=O) groups excluding carboxylic acids is 2. The van der Waals surface area contributed by atoms with Gasteiger partial charge in [-0.3, -0.25) is 9.80 Å². The van der Waals surface area contributed by atoms with Gasteiger partial charge in [-0.05, 0) is 64.7 Å². The quantitative estimate of drug-likeness (QED) is 0.0445. The van der Waals surface area contributed by atoms with Crippen LogP contribution in [0.4, 0.5) is 0 Å². The fraction of sp³-hybridized carbons (Fsp3) is 0.971. The van der Waals surface area contributed by atoms with E-state index in [2.05, 4.69) is 51.3 Å². The van der Waals surface area contributed by atoms with Crippen molar-refractivity contribution in [3.63, 3.8) is 0 Å². The topological polar surface area (TPSA) is 86.7 Å². The maximum atomic E-state index is 11.9. The molecule has 0 saturated carbocycles. The van der Waals surface area contributed by atoms with Crippen LogP contribution in [-0.4, -0.2) is 97.7 Å². The summed E-state index contributed by atoms with van der Waals surface area (Å²) in [5, 5.41) is 23.9. The number of aliphatic carboxylic acids is 2. The largest absolute Gasteiger partial charge is 2.00 e. The van der Waals surface area contributed by atoms with E-state index in [1.165, 1.54) is 283 Å². The molecule has 0 heterocycles. The van der Waals surface area contributed by atoms with E-state index in [0.717, 1.165) is 90.4 Å². The summed E-state index contributed by atoms with van der Waals surface area (Å²) in [7, 11) is 0. The third-order valence-corrected chi connectivity index (χ3v) is 16.3. The molecule has 0 bridgehead atoms. The Hall–Kier alpha value is 0.120. The molecule has 2 unspecified atom stereocenters. The van der Waals surface area contributed by atoms with Gasteiger partial charge in [-0.15, -0.1) is 0 Å². The summed E-state index contributed by atoms with van der Waals surface area (Å²) in [6, 6.07) is -0.777. The molecule has 0 N–H and O–H groups in total. The first-order valence-electron chi connectivity index (χ1n) is 34.2. The molecule has 444 valence electrons. The van der Waals surface area contributed by atoms with Crippen molar-refractivity contribution >= 4 is 49.7 Å². The van der Waals surface area contributed by atoms with Gasteiger partial charge in [0, 0.05) is 12.1 Å². The fourth-order valence-electron chi connectivity index (χ4n) is 11.2.